The maximum atomic E-state index is 13.5. The van der Waals surface area contributed by atoms with E-state index in [1.54, 1.807) is 12.1 Å². The average Bonchev–Trinajstić information content (AvgIpc) is 2.42. The Kier molecular flexibility index (Phi) is 4.79. The molecule has 0 radical (unpaired) electrons. The molecule has 0 saturated carbocycles. The van der Waals surface area contributed by atoms with Crippen molar-refractivity contribution >= 4 is 0 Å². The minimum atomic E-state index is -0.168. The zero-order valence-corrected chi connectivity index (χ0v) is 13.5. The largest absolute Gasteiger partial charge is 0.309 e. The Morgan fingerprint density at radius 3 is 1.81 bits per heavy atom. The number of benzene rings is 2. The van der Waals surface area contributed by atoms with Gasteiger partial charge in [-0.1, -0.05) is 38.1 Å². The number of halogens is 1. The second-order valence-electron chi connectivity index (χ2n) is 6.00. The molecule has 0 bridgehead atoms. The molecule has 112 valence electrons. The Morgan fingerprint density at radius 2 is 1.38 bits per heavy atom. The minimum absolute atomic E-state index is 0.0896. The molecule has 2 heteroatoms. The Hall–Kier alpha value is -1.67. The third-order valence-corrected chi connectivity index (χ3v) is 4.07. The summed E-state index contributed by atoms with van der Waals surface area (Å²) in [6.07, 6.45) is 0. The standard InChI is InChI=1S/C19H24FN/c1-12(2)15-6-8-16(9-7-15)19(21-5)18-13(3)10-17(20)11-14(18)4/h6-12,19,21H,1-5H3. The van der Waals surface area contributed by atoms with Crippen molar-refractivity contribution in [3.63, 3.8) is 0 Å². The molecule has 0 aliphatic heterocycles. The quantitative estimate of drug-likeness (QED) is 0.844. The fourth-order valence-corrected chi connectivity index (χ4v) is 2.93. The summed E-state index contributed by atoms with van der Waals surface area (Å²) in [5.74, 6) is 0.361. The van der Waals surface area contributed by atoms with Crippen LogP contribution < -0.4 is 5.32 Å². The molecule has 1 nitrogen and oxygen atoms in total. The van der Waals surface area contributed by atoms with Crippen LogP contribution in [0.15, 0.2) is 36.4 Å². The molecule has 0 heterocycles. The third-order valence-electron chi connectivity index (χ3n) is 4.07. The molecule has 0 aliphatic rings. The summed E-state index contributed by atoms with van der Waals surface area (Å²) >= 11 is 0. The molecule has 1 N–H and O–H groups in total. The molecule has 0 spiro atoms. The monoisotopic (exact) mass is 285 g/mol. The SMILES string of the molecule is CNC(c1ccc(C(C)C)cc1)c1c(C)cc(F)cc1C. The Labute approximate surface area is 127 Å². The molecule has 2 rings (SSSR count). The Balaban J connectivity index is 2.45. The predicted octanol–water partition coefficient (Wildman–Crippen LogP) is 4.87. The van der Waals surface area contributed by atoms with Gasteiger partial charge in [-0.05, 0) is 66.8 Å². The summed E-state index contributed by atoms with van der Waals surface area (Å²) in [6, 6.07) is 12.0. The van der Waals surface area contributed by atoms with Crippen molar-refractivity contribution in [2.45, 2.75) is 39.7 Å². The molecule has 0 aliphatic carbocycles. The zero-order chi connectivity index (χ0) is 15.6. The topological polar surface area (TPSA) is 12.0 Å². The van der Waals surface area contributed by atoms with Gasteiger partial charge in [-0.2, -0.15) is 0 Å². The number of hydrogen-bond acceptors (Lipinski definition) is 1. The van der Waals surface area contributed by atoms with Gasteiger partial charge < -0.3 is 5.32 Å². The lowest BCUT2D eigenvalue weighted by Gasteiger charge is -2.22. The first kappa shape index (κ1) is 15.7. The van der Waals surface area contributed by atoms with Gasteiger partial charge in [0, 0.05) is 0 Å². The van der Waals surface area contributed by atoms with Gasteiger partial charge in [0.05, 0.1) is 6.04 Å². The van der Waals surface area contributed by atoms with E-state index in [0.717, 1.165) is 16.7 Å². The number of rotatable bonds is 4. The minimum Gasteiger partial charge on any atom is -0.309 e. The molecular formula is C19H24FN. The first-order valence-corrected chi connectivity index (χ1v) is 7.47. The van der Waals surface area contributed by atoms with E-state index in [-0.39, 0.29) is 11.9 Å². The lowest BCUT2D eigenvalue weighted by molar-refractivity contribution is 0.618. The van der Waals surface area contributed by atoms with E-state index in [4.69, 9.17) is 0 Å². The molecule has 2 aromatic rings. The van der Waals surface area contributed by atoms with Crippen LogP contribution in [0.3, 0.4) is 0 Å². The van der Waals surface area contributed by atoms with Crippen LogP contribution in [-0.2, 0) is 0 Å². The second-order valence-corrected chi connectivity index (χ2v) is 6.00. The molecule has 21 heavy (non-hydrogen) atoms. The van der Waals surface area contributed by atoms with Crippen molar-refractivity contribution in [2.24, 2.45) is 0 Å². The normalized spacial score (nSPS) is 12.7. The van der Waals surface area contributed by atoms with E-state index in [2.05, 4.69) is 43.4 Å². The summed E-state index contributed by atoms with van der Waals surface area (Å²) in [5, 5.41) is 3.36. The molecule has 1 unspecified atom stereocenters. The molecule has 0 aromatic heterocycles. The fourth-order valence-electron chi connectivity index (χ4n) is 2.93. The first-order valence-electron chi connectivity index (χ1n) is 7.47. The zero-order valence-electron chi connectivity index (χ0n) is 13.5. The molecule has 2 aromatic carbocycles. The van der Waals surface area contributed by atoms with Gasteiger partial charge in [0.15, 0.2) is 0 Å². The highest BCUT2D eigenvalue weighted by Crippen LogP contribution is 2.29. The smallest absolute Gasteiger partial charge is 0.123 e. The maximum Gasteiger partial charge on any atom is 0.123 e. The first-order chi connectivity index (χ1) is 9.93. The van der Waals surface area contributed by atoms with Gasteiger partial charge in [0.2, 0.25) is 0 Å². The summed E-state index contributed by atoms with van der Waals surface area (Å²) < 4.78 is 13.5. The fraction of sp³-hybridized carbons (Fsp3) is 0.368. The number of nitrogens with one attached hydrogen (secondary N) is 1. The van der Waals surface area contributed by atoms with Gasteiger partial charge in [0.25, 0.3) is 0 Å². The number of aryl methyl sites for hydroxylation is 2. The lowest BCUT2D eigenvalue weighted by Crippen LogP contribution is -2.20. The maximum absolute atomic E-state index is 13.5. The van der Waals surface area contributed by atoms with Crippen LogP contribution in [0, 0.1) is 19.7 Å². The van der Waals surface area contributed by atoms with Crippen molar-refractivity contribution in [3.8, 4) is 0 Å². The van der Waals surface area contributed by atoms with Gasteiger partial charge in [0.1, 0.15) is 5.82 Å². The van der Waals surface area contributed by atoms with Crippen LogP contribution in [0.4, 0.5) is 4.39 Å². The van der Waals surface area contributed by atoms with E-state index < -0.39 is 0 Å². The third kappa shape index (κ3) is 3.33. The highest BCUT2D eigenvalue weighted by atomic mass is 19.1. The molecule has 0 saturated heterocycles. The summed E-state index contributed by atoms with van der Waals surface area (Å²) in [4.78, 5) is 0. The summed E-state index contributed by atoms with van der Waals surface area (Å²) in [6.45, 7) is 8.33. The molecule has 0 fully saturated rings. The van der Waals surface area contributed by atoms with Crippen molar-refractivity contribution in [3.05, 3.63) is 70.0 Å². The Bertz CT molecular complexity index is 591. The highest BCUT2D eigenvalue weighted by molar-refractivity contribution is 5.43. The number of hydrogen-bond donors (Lipinski definition) is 1. The predicted molar refractivity (Wildman–Crippen MR) is 87.3 cm³/mol. The van der Waals surface area contributed by atoms with Crippen LogP contribution in [0.5, 0.6) is 0 Å². The second kappa shape index (κ2) is 6.40. The van der Waals surface area contributed by atoms with Gasteiger partial charge in [-0.3, -0.25) is 0 Å². The van der Waals surface area contributed by atoms with Crippen molar-refractivity contribution in [1.29, 1.82) is 0 Å². The van der Waals surface area contributed by atoms with Crippen LogP contribution in [0.25, 0.3) is 0 Å². The van der Waals surface area contributed by atoms with Crippen LogP contribution >= 0.6 is 0 Å². The van der Waals surface area contributed by atoms with Crippen molar-refractivity contribution in [1.82, 2.24) is 5.32 Å². The van der Waals surface area contributed by atoms with E-state index in [1.165, 1.54) is 11.1 Å². The van der Waals surface area contributed by atoms with Crippen molar-refractivity contribution < 1.29 is 4.39 Å². The van der Waals surface area contributed by atoms with Crippen LogP contribution in [0.1, 0.15) is 53.6 Å². The van der Waals surface area contributed by atoms with E-state index in [0.29, 0.717) is 5.92 Å². The molecular weight excluding hydrogens is 261 g/mol. The highest BCUT2D eigenvalue weighted by Gasteiger charge is 2.17. The van der Waals surface area contributed by atoms with Gasteiger partial charge in [-0.15, -0.1) is 0 Å². The average molecular weight is 285 g/mol. The summed E-state index contributed by atoms with van der Waals surface area (Å²) in [5.41, 5.74) is 5.68. The molecule has 0 amide bonds. The van der Waals surface area contributed by atoms with E-state index >= 15 is 0 Å². The lowest BCUT2D eigenvalue weighted by atomic mass is 9.90. The van der Waals surface area contributed by atoms with Crippen LogP contribution in [-0.4, -0.2) is 7.05 Å². The summed E-state index contributed by atoms with van der Waals surface area (Å²) in [7, 11) is 1.95. The van der Waals surface area contributed by atoms with Crippen molar-refractivity contribution in [2.75, 3.05) is 7.05 Å². The Morgan fingerprint density at radius 1 is 0.905 bits per heavy atom. The van der Waals surface area contributed by atoms with E-state index in [1.807, 2.05) is 20.9 Å². The van der Waals surface area contributed by atoms with Gasteiger partial charge >= 0.3 is 0 Å². The van der Waals surface area contributed by atoms with E-state index in [9.17, 15) is 4.39 Å². The van der Waals surface area contributed by atoms with Crippen LogP contribution in [0.2, 0.25) is 0 Å². The van der Waals surface area contributed by atoms with Gasteiger partial charge in [-0.25, -0.2) is 4.39 Å². The molecule has 1 atom stereocenters.